The van der Waals surface area contributed by atoms with Crippen molar-refractivity contribution >= 4 is 11.0 Å². The van der Waals surface area contributed by atoms with Crippen molar-refractivity contribution in [1.82, 2.24) is 24.3 Å². The normalized spacial score (nSPS) is 11.8. The van der Waals surface area contributed by atoms with E-state index in [0.29, 0.717) is 25.6 Å². The lowest BCUT2D eigenvalue weighted by atomic mass is 10.1. The summed E-state index contributed by atoms with van der Waals surface area (Å²) in [5, 5.41) is 0. The predicted molar refractivity (Wildman–Crippen MR) is 194 cm³/mol. The lowest BCUT2D eigenvalue weighted by molar-refractivity contribution is 0.216. The maximum Gasteiger partial charge on any atom is 0.150 e. The zero-order valence-corrected chi connectivity index (χ0v) is 30.5. The van der Waals surface area contributed by atoms with Crippen molar-refractivity contribution in [2.24, 2.45) is 0 Å². The summed E-state index contributed by atoms with van der Waals surface area (Å²) in [7, 11) is 0. The minimum absolute atomic E-state index is 0.321. The van der Waals surface area contributed by atoms with E-state index >= 15 is 0 Å². The molecule has 9 heteroatoms. The fourth-order valence-corrected chi connectivity index (χ4v) is 5.97. The van der Waals surface area contributed by atoms with E-state index in [-0.39, 0.29) is 5.82 Å². The van der Waals surface area contributed by atoms with E-state index in [0.717, 1.165) is 131 Å². The standard InChI is InChI=1S/C38H62FN5O3/c1-8-15-23-44-34-29-32(45-25-16-21-41(10-3)11-4)30-36(46-26-17-22-42(12-5)13-6)37(34)40-38(44)33-19-18-31(39)28-35(33)47-27-24-43(14-7)20-9-2/h18-19,28-30H,8-17,20-27H2,1-7H3. The number of hydrogen-bond donors (Lipinski definition) is 0. The highest BCUT2D eigenvalue weighted by Gasteiger charge is 2.21. The van der Waals surface area contributed by atoms with E-state index in [1.54, 1.807) is 6.07 Å². The van der Waals surface area contributed by atoms with Crippen molar-refractivity contribution in [3.63, 3.8) is 0 Å². The molecule has 0 amide bonds. The predicted octanol–water partition coefficient (Wildman–Crippen LogP) is 7.97. The zero-order valence-electron chi connectivity index (χ0n) is 30.5. The summed E-state index contributed by atoms with van der Waals surface area (Å²) in [4.78, 5) is 12.4. The molecule has 0 fully saturated rings. The molecule has 3 rings (SSSR count). The highest BCUT2D eigenvalue weighted by molar-refractivity contribution is 5.88. The molecule has 264 valence electrons. The van der Waals surface area contributed by atoms with Gasteiger partial charge >= 0.3 is 0 Å². The second-order valence-electron chi connectivity index (χ2n) is 12.1. The van der Waals surface area contributed by atoms with Crippen molar-refractivity contribution in [1.29, 1.82) is 0 Å². The number of aryl methyl sites for hydroxylation is 1. The van der Waals surface area contributed by atoms with Crippen LogP contribution in [0, 0.1) is 5.82 Å². The highest BCUT2D eigenvalue weighted by Crippen LogP contribution is 2.38. The topological polar surface area (TPSA) is 55.2 Å². The second kappa shape index (κ2) is 21.2. The van der Waals surface area contributed by atoms with Gasteiger partial charge in [0.25, 0.3) is 0 Å². The molecule has 3 aromatic rings. The van der Waals surface area contributed by atoms with Crippen molar-refractivity contribution in [2.75, 3.05) is 78.7 Å². The molecule has 0 aliphatic rings. The number of benzene rings is 2. The van der Waals surface area contributed by atoms with Gasteiger partial charge in [0.05, 0.1) is 24.3 Å². The summed E-state index contributed by atoms with van der Waals surface area (Å²) >= 11 is 0. The molecule has 0 bridgehead atoms. The number of fused-ring (bicyclic) bond motifs is 1. The van der Waals surface area contributed by atoms with Crippen molar-refractivity contribution in [2.45, 2.75) is 87.1 Å². The lowest BCUT2D eigenvalue weighted by Crippen LogP contribution is -2.29. The zero-order chi connectivity index (χ0) is 34.0. The molecule has 8 nitrogen and oxygen atoms in total. The van der Waals surface area contributed by atoms with Gasteiger partial charge in [0, 0.05) is 44.4 Å². The Labute approximate surface area is 284 Å². The number of ether oxygens (including phenoxy) is 3. The van der Waals surface area contributed by atoms with Crippen LogP contribution in [0.4, 0.5) is 4.39 Å². The summed E-state index contributed by atoms with van der Waals surface area (Å²) in [5.41, 5.74) is 2.54. The Bertz CT molecular complexity index is 1310. The Morgan fingerprint density at radius 2 is 1.28 bits per heavy atom. The van der Waals surface area contributed by atoms with Gasteiger partial charge in [-0.05, 0) is 77.1 Å². The Balaban J connectivity index is 2.01. The molecular formula is C38H62FN5O3. The SMILES string of the molecule is CCCCn1c(-c2ccc(F)cc2OCCN(CC)CCC)nc2c(OCCCN(CC)CC)cc(OCCCN(CC)CC)cc21. The van der Waals surface area contributed by atoms with Gasteiger partial charge in [-0.2, -0.15) is 0 Å². The first-order chi connectivity index (χ1) is 22.9. The number of imidazole rings is 1. The third kappa shape index (κ3) is 11.6. The van der Waals surface area contributed by atoms with E-state index in [2.05, 4.69) is 73.8 Å². The fourth-order valence-electron chi connectivity index (χ4n) is 5.97. The van der Waals surface area contributed by atoms with Crippen LogP contribution in [0.3, 0.4) is 0 Å². The molecule has 2 aromatic carbocycles. The molecule has 0 atom stereocenters. The smallest absolute Gasteiger partial charge is 0.150 e. The Kier molecular flexibility index (Phi) is 17.4. The average molecular weight is 656 g/mol. The molecule has 0 aliphatic heterocycles. The number of rotatable bonds is 25. The molecule has 0 spiro atoms. The van der Waals surface area contributed by atoms with Crippen molar-refractivity contribution < 1.29 is 18.6 Å². The van der Waals surface area contributed by atoms with Crippen LogP contribution in [0.15, 0.2) is 30.3 Å². The number of hydrogen-bond acceptors (Lipinski definition) is 7. The van der Waals surface area contributed by atoms with Gasteiger partial charge in [0.2, 0.25) is 0 Å². The van der Waals surface area contributed by atoms with Gasteiger partial charge in [-0.15, -0.1) is 0 Å². The second-order valence-corrected chi connectivity index (χ2v) is 12.1. The lowest BCUT2D eigenvalue weighted by Gasteiger charge is -2.20. The minimum Gasteiger partial charge on any atom is -0.493 e. The minimum atomic E-state index is -0.321. The van der Waals surface area contributed by atoms with Crippen LogP contribution in [0.25, 0.3) is 22.4 Å². The van der Waals surface area contributed by atoms with Gasteiger partial charge in [0.1, 0.15) is 35.3 Å². The van der Waals surface area contributed by atoms with Gasteiger partial charge in [-0.25, -0.2) is 9.37 Å². The van der Waals surface area contributed by atoms with Crippen LogP contribution in [0.2, 0.25) is 0 Å². The molecule has 1 heterocycles. The van der Waals surface area contributed by atoms with Crippen LogP contribution in [0.5, 0.6) is 17.2 Å². The quantitative estimate of drug-likeness (QED) is 0.0859. The van der Waals surface area contributed by atoms with Crippen LogP contribution in [-0.2, 0) is 6.54 Å². The Morgan fingerprint density at radius 1 is 0.638 bits per heavy atom. The summed E-state index contributed by atoms with van der Waals surface area (Å²) in [6.45, 7) is 26.6. The first-order valence-electron chi connectivity index (χ1n) is 18.3. The summed E-state index contributed by atoms with van der Waals surface area (Å²) in [6, 6.07) is 8.87. The summed E-state index contributed by atoms with van der Waals surface area (Å²) in [6.07, 6.45) is 4.97. The van der Waals surface area contributed by atoms with E-state index in [1.807, 2.05) is 6.07 Å². The monoisotopic (exact) mass is 655 g/mol. The Hall–Kier alpha value is -2.88. The first kappa shape index (κ1) is 38.6. The number of unbranched alkanes of at least 4 members (excludes halogenated alkanes) is 1. The van der Waals surface area contributed by atoms with Crippen molar-refractivity contribution in [3.05, 3.63) is 36.1 Å². The molecule has 0 saturated carbocycles. The number of nitrogens with zero attached hydrogens (tertiary/aromatic N) is 5. The molecule has 47 heavy (non-hydrogen) atoms. The Morgan fingerprint density at radius 3 is 1.89 bits per heavy atom. The average Bonchev–Trinajstić information content (AvgIpc) is 3.45. The largest absolute Gasteiger partial charge is 0.493 e. The van der Waals surface area contributed by atoms with Crippen LogP contribution in [-0.4, -0.2) is 103 Å². The molecule has 0 aliphatic carbocycles. The van der Waals surface area contributed by atoms with E-state index in [9.17, 15) is 4.39 Å². The number of likely N-dealkylation sites (N-methyl/N-ethyl adjacent to an activating group) is 1. The van der Waals surface area contributed by atoms with Crippen LogP contribution in [0.1, 0.15) is 80.6 Å². The van der Waals surface area contributed by atoms with Gasteiger partial charge in [-0.3, -0.25) is 0 Å². The molecule has 1 aromatic heterocycles. The summed E-state index contributed by atoms with van der Waals surface area (Å²) < 4.78 is 36.0. The van der Waals surface area contributed by atoms with E-state index < -0.39 is 0 Å². The molecule has 0 N–H and O–H groups in total. The molecule has 0 radical (unpaired) electrons. The van der Waals surface area contributed by atoms with E-state index in [4.69, 9.17) is 19.2 Å². The first-order valence-corrected chi connectivity index (χ1v) is 18.3. The fraction of sp³-hybridized carbons (Fsp3) is 0.658. The third-order valence-corrected chi connectivity index (χ3v) is 8.92. The molecule has 0 saturated heterocycles. The highest BCUT2D eigenvalue weighted by atomic mass is 19.1. The van der Waals surface area contributed by atoms with Gasteiger partial charge < -0.3 is 33.5 Å². The van der Waals surface area contributed by atoms with Gasteiger partial charge in [0.15, 0.2) is 5.75 Å². The van der Waals surface area contributed by atoms with Crippen LogP contribution >= 0.6 is 0 Å². The third-order valence-electron chi connectivity index (χ3n) is 8.92. The maximum atomic E-state index is 14.6. The molecule has 0 unspecified atom stereocenters. The van der Waals surface area contributed by atoms with E-state index in [1.165, 1.54) is 12.1 Å². The summed E-state index contributed by atoms with van der Waals surface area (Å²) in [5.74, 6) is 2.46. The van der Waals surface area contributed by atoms with Crippen molar-refractivity contribution in [3.8, 4) is 28.6 Å². The number of halogens is 1. The van der Waals surface area contributed by atoms with Gasteiger partial charge in [-0.1, -0.05) is 54.9 Å². The molecular weight excluding hydrogens is 593 g/mol. The number of aromatic nitrogens is 2. The van der Waals surface area contributed by atoms with Crippen LogP contribution < -0.4 is 14.2 Å². The maximum absolute atomic E-state index is 14.6.